The lowest BCUT2D eigenvalue weighted by Gasteiger charge is -2.16. The smallest absolute Gasteiger partial charge is 0.332 e. The van der Waals surface area contributed by atoms with Crippen LogP contribution < -0.4 is 21.3 Å². The Morgan fingerprint density at radius 3 is 2.69 bits per heavy atom. The predicted molar refractivity (Wildman–Crippen MR) is 108 cm³/mol. The number of ether oxygens (including phenoxy) is 1. The van der Waals surface area contributed by atoms with Crippen LogP contribution in [-0.4, -0.2) is 54.8 Å². The van der Waals surface area contributed by atoms with E-state index < -0.39 is 17.4 Å². The number of fused-ring (bicyclic) bond motifs is 1. The summed E-state index contributed by atoms with van der Waals surface area (Å²) in [6, 6.07) is 7.47. The van der Waals surface area contributed by atoms with Crippen molar-refractivity contribution in [2.24, 2.45) is 14.1 Å². The SMILES string of the molecule is Cc1cccc(OC[C@H](O)Cn2c(NCCO)nc3c2c(=O)n(C)c(=O)n3C)c1. The Hall–Kier alpha value is -3.11. The topological polar surface area (TPSA) is 124 Å². The van der Waals surface area contributed by atoms with Crippen LogP contribution in [0.3, 0.4) is 0 Å². The number of aryl methyl sites for hydroxylation is 2. The summed E-state index contributed by atoms with van der Waals surface area (Å²) >= 11 is 0. The largest absolute Gasteiger partial charge is 0.491 e. The van der Waals surface area contributed by atoms with Gasteiger partial charge in [-0.15, -0.1) is 0 Å². The number of anilines is 1. The van der Waals surface area contributed by atoms with Crippen molar-refractivity contribution < 1.29 is 14.9 Å². The van der Waals surface area contributed by atoms with Gasteiger partial charge in [0.05, 0.1) is 13.2 Å². The van der Waals surface area contributed by atoms with Crippen LogP contribution in [0.5, 0.6) is 5.75 Å². The number of aliphatic hydroxyl groups excluding tert-OH is 2. The number of nitrogens with one attached hydrogen (secondary N) is 1. The molecule has 0 aliphatic carbocycles. The number of imidazole rings is 1. The molecular formula is C19H25N5O5. The number of rotatable bonds is 8. The van der Waals surface area contributed by atoms with E-state index in [9.17, 15) is 14.7 Å². The van der Waals surface area contributed by atoms with Crippen molar-refractivity contribution in [3.63, 3.8) is 0 Å². The molecule has 0 radical (unpaired) electrons. The van der Waals surface area contributed by atoms with Crippen molar-refractivity contribution in [1.29, 1.82) is 0 Å². The zero-order chi connectivity index (χ0) is 21.1. The van der Waals surface area contributed by atoms with E-state index in [0.29, 0.717) is 5.75 Å². The third kappa shape index (κ3) is 4.17. The fraction of sp³-hybridized carbons (Fsp3) is 0.421. The molecule has 1 atom stereocenters. The summed E-state index contributed by atoms with van der Waals surface area (Å²) < 4.78 is 9.42. The highest BCUT2D eigenvalue weighted by atomic mass is 16.5. The van der Waals surface area contributed by atoms with E-state index in [-0.39, 0.29) is 43.4 Å². The molecule has 3 aromatic rings. The van der Waals surface area contributed by atoms with Gasteiger partial charge in [0, 0.05) is 20.6 Å². The Kier molecular flexibility index (Phi) is 6.04. The van der Waals surface area contributed by atoms with Crippen molar-refractivity contribution in [2.75, 3.05) is 25.1 Å². The Balaban J connectivity index is 1.93. The van der Waals surface area contributed by atoms with E-state index in [2.05, 4.69) is 10.3 Å². The Bertz CT molecular complexity index is 1130. The second-order valence-corrected chi connectivity index (χ2v) is 6.86. The number of benzene rings is 1. The zero-order valence-electron chi connectivity index (χ0n) is 16.6. The summed E-state index contributed by atoms with van der Waals surface area (Å²) in [7, 11) is 2.91. The summed E-state index contributed by atoms with van der Waals surface area (Å²) in [5.41, 5.74) is 0.413. The van der Waals surface area contributed by atoms with Crippen molar-refractivity contribution in [1.82, 2.24) is 18.7 Å². The van der Waals surface area contributed by atoms with E-state index in [1.165, 1.54) is 23.2 Å². The maximum absolute atomic E-state index is 12.7. The molecule has 0 aliphatic rings. The van der Waals surface area contributed by atoms with Crippen molar-refractivity contribution in [3.05, 3.63) is 50.7 Å². The third-order valence-electron chi connectivity index (χ3n) is 4.57. The Labute approximate surface area is 166 Å². The van der Waals surface area contributed by atoms with Gasteiger partial charge in [-0.2, -0.15) is 4.98 Å². The average molecular weight is 403 g/mol. The summed E-state index contributed by atoms with van der Waals surface area (Å²) in [5.74, 6) is 0.915. The van der Waals surface area contributed by atoms with Gasteiger partial charge in [0.15, 0.2) is 11.2 Å². The third-order valence-corrected chi connectivity index (χ3v) is 4.57. The molecule has 3 N–H and O–H groups in total. The molecule has 0 aliphatic heterocycles. The molecule has 2 aromatic heterocycles. The summed E-state index contributed by atoms with van der Waals surface area (Å²) in [6.45, 7) is 2.03. The molecule has 1 aromatic carbocycles. The van der Waals surface area contributed by atoms with E-state index in [4.69, 9.17) is 9.84 Å². The molecule has 0 amide bonds. The van der Waals surface area contributed by atoms with E-state index in [1.54, 1.807) is 6.07 Å². The first-order valence-corrected chi connectivity index (χ1v) is 9.22. The summed E-state index contributed by atoms with van der Waals surface area (Å²) in [6.07, 6.45) is -0.940. The maximum atomic E-state index is 12.7. The van der Waals surface area contributed by atoms with Crippen LogP contribution in [0.25, 0.3) is 11.2 Å². The van der Waals surface area contributed by atoms with Crippen LogP contribution in [0.15, 0.2) is 33.9 Å². The molecule has 10 heteroatoms. The predicted octanol–water partition coefficient (Wildman–Crippen LogP) is -0.414. The second-order valence-electron chi connectivity index (χ2n) is 6.86. The molecule has 29 heavy (non-hydrogen) atoms. The van der Waals surface area contributed by atoms with Gasteiger partial charge in [0.1, 0.15) is 18.5 Å². The molecule has 0 fully saturated rings. The molecule has 2 heterocycles. The second kappa shape index (κ2) is 8.50. The fourth-order valence-electron chi connectivity index (χ4n) is 3.09. The number of hydrogen-bond donors (Lipinski definition) is 3. The first-order chi connectivity index (χ1) is 13.8. The quantitative estimate of drug-likeness (QED) is 0.467. The minimum absolute atomic E-state index is 0.00858. The normalized spacial score (nSPS) is 12.3. The lowest BCUT2D eigenvalue weighted by molar-refractivity contribution is 0.0938. The van der Waals surface area contributed by atoms with Crippen molar-refractivity contribution in [2.45, 2.75) is 19.6 Å². The first kappa shape index (κ1) is 20.6. The van der Waals surface area contributed by atoms with Gasteiger partial charge in [0.2, 0.25) is 5.95 Å². The zero-order valence-corrected chi connectivity index (χ0v) is 16.6. The Morgan fingerprint density at radius 2 is 2.00 bits per heavy atom. The lowest BCUT2D eigenvalue weighted by atomic mass is 10.2. The van der Waals surface area contributed by atoms with E-state index >= 15 is 0 Å². The molecule has 0 spiro atoms. The highest BCUT2D eigenvalue weighted by molar-refractivity contribution is 5.74. The van der Waals surface area contributed by atoms with Gasteiger partial charge >= 0.3 is 5.69 Å². The Morgan fingerprint density at radius 1 is 1.24 bits per heavy atom. The van der Waals surface area contributed by atoms with Gasteiger partial charge in [-0.3, -0.25) is 13.9 Å². The lowest BCUT2D eigenvalue weighted by Crippen LogP contribution is -2.38. The maximum Gasteiger partial charge on any atom is 0.332 e. The van der Waals surface area contributed by atoms with Crippen molar-refractivity contribution in [3.8, 4) is 5.75 Å². The molecule has 0 saturated heterocycles. The minimum atomic E-state index is -0.940. The first-order valence-electron chi connectivity index (χ1n) is 9.22. The van der Waals surface area contributed by atoms with Crippen LogP contribution in [0.2, 0.25) is 0 Å². The minimum Gasteiger partial charge on any atom is -0.491 e. The number of hydrogen-bond acceptors (Lipinski definition) is 7. The number of aromatic nitrogens is 4. The molecule has 0 bridgehead atoms. The van der Waals surface area contributed by atoms with Gasteiger partial charge in [-0.25, -0.2) is 4.79 Å². The molecule has 0 unspecified atom stereocenters. The standard InChI is InChI=1S/C19H25N5O5/c1-12-5-4-6-14(9-12)29-11-13(26)10-24-15-16(21-18(24)20-7-8-25)22(2)19(28)23(3)17(15)27/h4-6,9,13,25-26H,7-8,10-11H2,1-3H3,(H,20,21)/t13-/m1/s1. The van der Waals surface area contributed by atoms with E-state index in [1.807, 2.05) is 25.1 Å². The van der Waals surface area contributed by atoms with E-state index in [0.717, 1.165) is 10.1 Å². The monoisotopic (exact) mass is 403 g/mol. The fourth-order valence-corrected chi connectivity index (χ4v) is 3.09. The molecular weight excluding hydrogens is 378 g/mol. The molecule has 10 nitrogen and oxygen atoms in total. The van der Waals surface area contributed by atoms with Crippen LogP contribution in [-0.2, 0) is 20.6 Å². The summed E-state index contributed by atoms with van der Waals surface area (Å²) in [5, 5.41) is 22.6. The van der Waals surface area contributed by atoms with Crippen molar-refractivity contribution >= 4 is 17.1 Å². The van der Waals surface area contributed by atoms with Crippen LogP contribution in [0.1, 0.15) is 5.56 Å². The van der Waals surface area contributed by atoms with Crippen LogP contribution in [0, 0.1) is 6.92 Å². The highest BCUT2D eigenvalue weighted by Crippen LogP contribution is 2.17. The van der Waals surface area contributed by atoms with Crippen LogP contribution >= 0.6 is 0 Å². The molecule has 0 saturated carbocycles. The van der Waals surface area contributed by atoms with Crippen LogP contribution in [0.4, 0.5) is 5.95 Å². The highest BCUT2D eigenvalue weighted by Gasteiger charge is 2.21. The van der Waals surface area contributed by atoms with Gasteiger partial charge in [0.25, 0.3) is 5.56 Å². The number of nitrogens with zero attached hydrogens (tertiary/aromatic N) is 4. The average Bonchev–Trinajstić information content (AvgIpc) is 3.06. The molecule has 156 valence electrons. The summed E-state index contributed by atoms with van der Waals surface area (Å²) in [4.78, 5) is 29.2. The van der Waals surface area contributed by atoms with Gasteiger partial charge in [-0.1, -0.05) is 12.1 Å². The molecule has 3 rings (SSSR count). The van der Waals surface area contributed by atoms with Gasteiger partial charge in [-0.05, 0) is 24.6 Å². The van der Waals surface area contributed by atoms with Gasteiger partial charge < -0.3 is 24.8 Å². The number of aliphatic hydroxyl groups is 2.